The molecule has 1 aliphatic heterocycles. The lowest BCUT2D eigenvalue weighted by molar-refractivity contribution is 0.680. The monoisotopic (exact) mass is 270 g/mol. The first kappa shape index (κ1) is 13.2. The summed E-state index contributed by atoms with van der Waals surface area (Å²) in [6.07, 6.45) is 7.26. The van der Waals surface area contributed by atoms with Crippen molar-refractivity contribution in [2.45, 2.75) is 25.8 Å². The molecule has 0 atom stereocenters. The minimum absolute atomic E-state index is 0.931. The van der Waals surface area contributed by atoms with E-state index in [2.05, 4.69) is 44.5 Å². The van der Waals surface area contributed by atoms with Gasteiger partial charge in [0.25, 0.3) is 0 Å². The molecular weight excluding hydrogens is 248 g/mol. The highest BCUT2D eigenvalue weighted by Gasteiger charge is 2.14. The maximum atomic E-state index is 4.04. The summed E-state index contributed by atoms with van der Waals surface area (Å²) in [5.74, 6) is 0. The molecule has 0 unspecified atom stereocenters. The van der Waals surface area contributed by atoms with Crippen molar-refractivity contribution in [3.63, 3.8) is 0 Å². The standard InChI is InChI=1S/C16H22N4/c1-2-6-16(20-9-3-4-10-20)14(5-1)11-17-8-7-15-12-18-13-19-15/h1-2,5-6,12-13,17H,3-4,7-11H2,(H,18,19). The fourth-order valence-corrected chi connectivity index (χ4v) is 2.79. The summed E-state index contributed by atoms with van der Waals surface area (Å²) in [6.45, 7) is 4.30. The molecule has 2 heterocycles. The van der Waals surface area contributed by atoms with Gasteiger partial charge in [0, 0.05) is 50.2 Å². The van der Waals surface area contributed by atoms with Crippen LogP contribution in [0.5, 0.6) is 0 Å². The highest BCUT2D eigenvalue weighted by Crippen LogP contribution is 2.24. The SMILES string of the molecule is c1ccc(N2CCCC2)c(CNCCc2cnc[nH]2)c1. The van der Waals surface area contributed by atoms with Crippen LogP contribution in [0.15, 0.2) is 36.8 Å². The van der Waals surface area contributed by atoms with Crippen molar-refractivity contribution in [1.82, 2.24) is 15.3 Å². The van der Waals surface area contributed by atoms with Crippen LogP contribution in [0.1, 0.15) is 24.1 Å². The zero-order valence-electron chi connectivity index (χ0n) is 11.8. The van der Waals surface area contributed by atoms with Crippen molar-refractivity contribution in [2.24, 2.45) is 0 Å². The number of hydrogen-bond acceptors (Lipinski definition) is 3. The third-order valence-electron chi connectivity index (χ3n) is 3.88. The van der Waals surface area contributed by atoms with Crippen LogP contribution in [0, 0.1) is 0 Å². The summed E-state index contributed by atoms with van der Waals surface area (Å²) >= 11 is 0. The van der Waals surface area contributed by atoms with Crippen LogP contribution in [0.3, 0.4) is 0 Å². The molecule has 0 spiro atoms. The molecule has 1 aromatic carbocycles. The van der Waals surface area contributed by atoms with Crippen LogP contribution >= 0.6 is 0 Å². The number of hydrogen-bond donors (Lipinski definition) is 2. The van der Waals surface area contributed by atoms with Gasteiger partial charge in [-0.05, 0) is 24.5 Å². The summed E-state index contributed by atoms with van der Waals surface area (Å²) in [7, 11) is 0. The van der Waals surface area contributed by atoms with Crippen LogP contribution in [-0.4, -0.2) is 29.6 Å². The second kappa shape index (κ2) is 6.57. The predicted molar refractivity (Wildman–Crippen MR) is 81.9 cm³/mol. The topological polar surface area (TPSA) is 44.0 Å². The van der Waals surface area contributed by atoms with Gasteiger partial charge in [0.1, 0.15) is 0 Å². The highest BCUT2D eigenvalue weighted by molar-refractivity contribution is 5.54. The van der Waals surface area contributed by atoms with Crippen molar-refractivity contribution < 1.29 is 0 Å². The Balaban J connectivity index is 1.54. The maximum Gasteiger partial charge on any atom is 0.0921 e. The number of aromatic amines is 1. The van der Waals surface area contributed by atoms with E-state index in [4.69, 9.17) is 0 Å². The number of para-hydroxylation sites is 1. The molecule has 3 rings (SSSR count). The number of rotatable bonds is 6. The fraction of sp³-hybridized carbons (Fsp3) is 0.438. The van der Waals surface area contributed by atoms with E-state index in [0.717, 1.165) is 19.5 Å². The fourth-order valence-electron chi connectivity index (χ4n) is 2.79. The Hall–Kier alpha value is -1.81. The molecule has 4 nitrogen and oxygen atoms in total. The molecule has 2 aromatic rings. The minimum Gasteiger partial charge on any atom is -0.371 e. The molecule has 0 aliphatic carbocycles. The van der Waals surface area contributed by atoms with Gasteiger partial charge in [-0.15, -0.1) is 0 Å². The van der Waals surface area contributed by atoms with Gasteiger partial charge >= 0.3 is 0 Å². The lowest BCUT2D eigenvalue weighted by Gasteiger charge is -2.21. The quantitative estimate of drug-likeness (QED) is 0.792. The molecule has 1 aliphatic rings. The first-order valence-electron chi connectivity index (χ1n) is 7.44. The van der Waals surface area contributed by atoms with Crippen LogP contribution in [-0.2, 0) is 13.0 Å². The zero-order chi connectivity index (χ0) is 13.6. The second-order valence-electron chi connectivity index (χ2n) is 5.33. The summed E-state index contributed by atoms with van der Waals surface area (Å²) < 4.78 is 0. The van der Waals surface area contributed by atoms with Gasteiger partial charge in [-0.2, -0.15) is 0 Å². The van der Waals surface area contributed by atoms with Gasteiger partial charge in [-0.1, -0.05) is 18.2 Å². The third kappa shape index (κ3) is 3.20. The molecule has 106 valence electrons. The smallest absolute Gasteiger partial charge is 0.0921 e. The summed E-state index contributed by atoms with van der Waals surface area (Å²) in [5, 5.41) is 3.53. The summed E-state index contributed by atoms with van der Waals surface area (Å²) in [6, 6.07) is 8.75. The van der Waals surface area contributed by atoms with Crippen molar-refractivity contribution in [1.29, 1.82) is 0 Å². The molecule has 0 amide bonds. The van der Waals surface area contributed by atoms with Crippen molar-refractivity contribution >= 4 is 5.69 Å². The van der Waals surface area contributed by atoms with Gasteiger partial charge in [0.15, 0.2) is 0 Å². The molecule has 1 saturated heterocycles. The van der Waals surface area contributed by atoms with Gasteiger partial charge in [-0.3, -0.25) is 0 Å². The van der Waals surface area contributed by atoms with E-state index in [1.54, 1.807) is 6.33 Å². The van der Waals surface area contributed by atoms with Crippen LogP contribution in [0.2, 0.25) is 0 Å². The highest BCUT2D eigenvalue weighted by atomic mass is 15.1. The van der Waals surface area contributed by atoms with E-state index in [1.165, 1.54) is 42.9 Å². The normalized spacial score (nSPS) is 14.9. The first-order chi connectivity index (χ1) is 9.93. The molecule has 0 radical (unpaired) electrons. The minimum atomic E-state index is 0.931. The number of anilines is 1. The molecule has 4 heteroatoms. The number of aromatic nitrogens is 2. The van der Waals surface area contributed by atoms with Gasteiger partial charge < -0.3 is 15.2 Å². The molecule has 0 bridgehead atoms. The average molecular weight is 270 g/mol. The van der Waals surface area contributed by atoms with Crippen LogP contribution in [0.25, 0.3) is 0 Å². The molecule has 1 fully saturated rings. The van der Waals surface area contributed by atoms with Gasteiger partial charge in [0.2, 0.25) is 0 Å². The summed E-state index contributed by atoms with van der Waals surface area (Å²) in [4.78, 5) is 9.67. The Kier molecular flexibility index (Phi) is 4.33. The van der Waals surface area contributed by atoms with E-state index < -0.39 is 0 Å². The molecule has 1 aromatic heterocycles. The van der Waals surface area contributed by atoms with E-state index in [9.17, 15) is 0 Å². The average Bonchev–Trinajstić information content (AvgIpc) is 3.17. The number of imidazole rings is 1. The van der Waals surface area contributed by atoms with Crippen molar-refractivity contribution in [3.8, 4) is 0 Å². The van der Waals surface area contributed by atoms with Gasteiger partial charge in [-0.25, -0.2) is 4.98 Å². The zero-order valence-corrected chi connectivity index (χ0v) is 11.8. The number of H-pyrrole nitrogens is 1. The summed E-state index contributed by atoms with van der Waals surface area (Å²) in [5.41, 5.74) is 3.99. The van der Waals surface area contributed by atoms with E-state index in [-0.39, 0.29) is 0 Å². The number of benzene rings is 1. The number of nitrogens with one attached hydrogen (secondary N) is 2. The Morgan fingerprint density at radius 3 is 2.85 bits per heavy atom. The molecule has 0 saturated carbocycles. The van der Waals surface area contributed by atoms with Crippen molar-refractivity contribution in [2.75, 3.05) is 24.5 Å². The third-order valence-corrected chi connectivity index (χ3v) is 3.88. The lowest BCUT2D eigenvalue weighted by Crippen LogP contribution is -2.22. The van der Waals surface area contributed by atoms with Crippen molar-refractivity contribution in [3.05, 3.63) is 48.0 Å². The van der Waals surface area contributed by atoms with Crippen LogP contribution in [0.4, 0.5) is 5.69 Å². The Labute approximate surface area is 120 Å². The maximum absolute atomic E-state index is 4.04. The molecular formula is C16H22N4. The predicted octanol–water partition coefficient (Wildman–Crippen LogP) is 2.34. The Morgan fingerprint density at radius 1 is 1.20 bits per heavy atom. The Bertz CT molecular complexity index is 515. The second-order valence-corrected chi connectivity index (χ2v) is 5.33. The van der Waals surface area contributed by atoms with E-state index in [1.807, 2.05) is 6.20 Å². The van der Waals surface area contributed by atoms with Gasteiger partial charge in [0.05, 0.1) is 6.33 Å². The Morgan fingerprint density at radius 2 is 2.05 bits per heavy atom. The van der Waals surface area contributed by atoms with Crippen LogP contribution < -0.4 is 10.2 Å². The van der Waals surface area contributed by atoms with E-state index >= 15 is 0 Å². The molecule has 20 heavy (non-hydrogen) atoms. The van der Waals surface area contributed by atoms with E-state index in [0.29, 0.717) is 0 Å². The molecule has 2 N–H and O–H groups in total. The largest absolute Gasteiger partial charge is 0.371 e. The first-order valence-corrected chi connectivity index (χ1v) is 7.44. The lowest BCUT2D eigenvalue weighted by atomic mass is 10.1. The number of nitrogens with zero attached hydrogens (tertiary/aromatic N) is 2.